The average Bonchev–Trinajstić information content (AvgIpc) is 2.61. The van der Waals surface area contributed by atoms with Crippen LogP contribution in [0, 0.1) is 6.92 Å². The molecule has 0 atom stereocenters. The van der Waals surface area contributed by atoms with Gasteiger partial charge in [0.05, 0.1) is 16.4 Å². The standard InChI is InChI=1S/C20H23ClN2O2/c1-15-7-5-8-16(13-15)25-14-19(24)22-18-10-6-9-17(21)20(18)23-11-3-2-4-12-23/h5-10,13H,2-4,11-12,14H2,1H3,(H,22,24). The summed E-state index contributed by atoms with van der Waals surface area (Å²) in [6.45, 7) is 3.89. The molecule has 0 bridgehead atoms. The van der Waals surface area contributed by atoms with Gasteiger partial charge in [0, 0.05) is 13.1 Å². The van der Waals surface area contributed by atoms with Crippen LogP contribution in [-0.4, -0.2) is 25.6 Å². The molecule has 1 fully saturated rings. The molecule has 5 heteroatoms. The van der Waals surface area contributed by atoms with Gasteiger partial charge < -0.3 is 15.0 Å². The largest absolute Gasteiger partial charge is 0.484 e. The number of benzene rings is 2. The van der Waals surface area contributed by atoms with Gasteiger partial charge in [0.25, 0.3) is 5.91 Å². The number of carbonyl (C=O) groups is 1. The Hall–Kier alpha value is -2.20. The van der Waals surface area contributed by atoms with E-state index in [9.17, 15) is 4.79 Å². The summed E-state index contributed by atoms with van der Waals surface area (Å²) in [5.41, 5.74) is 2.75. The molecule has 0 aromatic heterocycles. The number of nitrogens with one attached hydrogen (secondary N) is 1. The van der Waals surface area contributed by atoms with E-state index in [-0.39, 0.29) is 12.5 Å². The van der Waals surface area contributed by atoms with Crippen molar-refractivity contribution in [3.8, 4) is 5.75 Å². The van der Waals surface area contributed by atoms with Gasteiger partial charge in [0.2, 0.25) is 0 Å². The molecule has 0 radical (unpaired) electrons. The molecule has 1 heterocycles. The maximum absolute atomic E-state index is 12.3. The zero-order chi connectivity index (χ0) is 17.6. The van der Waals surface area contributed by atoms with Gasteiger partial charge in [-0.1, -0.05) is 29.8 Å². The lowest BCUT2D eigenvalue weighted by Gasteiger charge is -2.31. The van der Waals surface area contributed by atoms with Crippen LogP contribution < -0.4 is 15.0 Å². The zero-order valence-corrected chi connectivity index (χ0v) is 15.2. The van der Waals surface area contributed by atoms with E-state index in [1.54, 1.807) is 0 Å². The molecule has 2 aromatic rings. The number of amides is 1. The Morgan fingerprint density at radius 2 is 1.92 bits per heavy atom. The number of para-hydroxylation sites is 1. The Bertz CT molecular complexity index is 742. The molecule has 1 aliphatic rings. The topological polar surface area (TPSA) is 41.6 Å². The van der Waals surface area contributed by atoms with Crippen LogP contribution in [0.25, 0.3) is 0 Å². The van der Waals surface area contributed by atoms with Crippen molar-refractivity contribution in [3.63, 3.8) is 0 Å². The second-order valence-corrected chi connectivity index (χ2v) is 6.74. The smallest absolute Gasteiger partial charge is 0.262 e. The van der Waals surface area contributed by atoms with Crippen molar-refractivity contribution in [2.24, 2.45) is 0 Å². The normalized spacial score (nSPS) is 14.2. The first kappa shape index (κ1) is 17.6. The Kier molecular flexibility index (Phi) is 5.82. The molecule has 0 saturated carbocycles. The summed E-state index contributed by atoms with van der Waals surface area (Å²) in [5, 5.41) is 3.61. The van der Waals surface area contributed by atoms with Crippen molar-refractivity contribution < 1.29 is 9.53 Å². The van der Waals surface area contributed by atoms with Gasteiger partial charge in [-0.3, -0.25) is 4.79 Å². The summed E-state index contributed by atoms with van der Waals surface area (Å²) in [7, 11) is 0. The summed E-state index contributed by atoms with van der Waals surface area (Å²) < 4.78 is 5.58. The van der Waals surface area contributed by atoms with Crippen LogP contribution in [0.4, 0.5) is 11.4 Å². The zero-order valence-electron chi connectivity index (χ0n) is 14.4. The lowest BCUT2D eigenvalue weighted by molar-refractivity contribution is -0.118. The number of aryl methyl sites for hydroxylation is 1. The second kappa shape index (κ2) is 8.26. The fourth-order valence-electron chi connectivity index (χ4n) is 3.10. The molecule has 1 saturated heterocycles. The van der Waals surface area contributed by atoms with Crippen molar-refractivity contribution in [2.45, 2.75) is 26.2 Å². The predicted molar refractivity (Wildman–Crippen MR) is 103 cm³/mol. The lowest BCUT2D eigenvalue weighted by atomic mass is 10.1. The number of nitrogens with zero attached hydrogens (tertiary/aromatic N) is 1. The molecule has 132 valence electrons. The molecule has 3 rings (SSSR count). The van der Waals surface area contributed by atoms with Gasteiger partial charge in [0.15, 0.2) is 6.61 Å². The maximum Gasteiger partial charge on any atom is 0.262 e. The Labute approximate surface area is 153 Å². The number of hydrogen-bond acceptors (Lipinski definition) is 3. The summed E-state index contributed by atoms with van der Waals surface area (Å²) >= 11 is 6.41. The lowest BCUT2D eigenvalue weighted by Crippen LogP contribution is -2.31. The van der Waals surface area contributed by atoms with Crippen LogP contribution >= 0.6 is 11.6 Å². The van der Waals surface area contributed by atoms with E-state index in [0.29, 0.717) is 10.8 Å². The number of anilines is 2. The van der Waals surface area contributed by atoms with E-state index in [1.165, 1.54) is 6.42 Å². The number of carbonyl (C=O) groups excluding carboxylic acids is 1. The van der Waals surface area contributed by atoms with Crippen molar-refractivity contribution in [2.75, 3.05) is 29.9 Å². The van der Waals surface area contributed by atoms with E-state index in [1.807, 2.05) is 49.4 Å². The first-order chi connectivity index (χ1) is 12.1. The number of rotatable bonds is 5. The van der Waals surface area contributed by atoms with Crippen molar-refractivity contribution in [1.29, 1.82) is 0 Å². The molecular formula is C20H23ClN2O2. The van der Waals surface area contributed by atoms with E-state index in [4.69, 9.17) is 16.3 Å². The van der Waals surface area contributed by atoms with Crippen LogP contribution in [0.5, 0.6) is 5.75 Å². The summed E-state index contributed by atoms with van der Waals surface area (Å²) in [6.07, 6.45) is 3.54. The number of piperidine rings is 1. The van der Waals surface area contributed by atoms with Gasteiger partial charge >= 0.3 is 0 Å². The van der Waals surface area contributed by atoms with Crippen LogP contribution in [0.15, 0.2) is 42.5 Å². The highest BCUT2D eigenvalue weighted by atomic mass is 35.5. The van der Waals surface area contributed by atoms with E-state index >= 15 is 0 Å². The Morgan fingerprint density at radius 3 is 2.68 bits per heavy atom. The van der Waals surface area contributed by atoms with Gasteiger partial charge in [-0.25, -0.2) is 0 Å². The molecule has 1 amide bonds. The predicted octanol–water partition coefficient (Wildman–Crippen LogP) is 4.66. The van der Waals surface area contributed by atoms with Gasteiger partial charge in [-0.15, -0.1) is 0 Å². The third kappa shape index (κ3) is 4.67. The molecule has 2 aromatic carbocycles. The number of halogens is 1. The number of ether oxygens (including phenoxy) is 1. The highest BCUT2D eigenvalue weighted by Gasteiger charge is 2.18. The highest BCUT2D eigenvalue weighted by molar-refractivity contribution is 6.34. The van der Waals surface area contributed by atoms with Crippen LogP contribution in [0.3, 0.4) is 0 Å². The highest BCUT2D eigenvalue weighted by Crippen LogP contribution is 2.35. The minimum absolute atomic E-state index is 0.0323. The molecule has 0 unspecified atom stereocenters. The molecule has 0 spiro atoms. The van der Waals surface area contributed by atoms with Gasteiger partial charge in [-0.05, 0) is 56.0 Å². The van der Waals surface area contributed by atoms with Gasteiger partial charge in [-0.2, -0.15) is 0 Å². The summed E-state index contributed by atoms with van der Waals surface area (Å²) in [5.74, 6) is 0.500. The van der Waals surface area contributed by atoms with E-state index < -0.39 is 0 Å². The SMILES string of the molecule is Cc1cccc(OCC(=O)Nc2cccc(Cl)c2N2CCCCC2)c1. The molecule has 1 aliphatic heterocycles. The molecule has 1 N–H and O–H groups in total. The Morgan fingerprint density at radius 1 is 1.16 bits per heavy atom. The fourth-order valence-corrected chi connectivity index (χ4v) is 3.39. The van der Waals surface area contributed by atoms with Crippen molar-refractivity contribution in [1.82, 2.24) is 0 Å². The average molecular weight is 359 g/mol. The summed E-state index contributed by atoms with van der Waals surface area (Å²) in [4.78, 5) is 14.6. The van der Waals surface area contributed by atoms with Crippen LogP contribution in [0.2, 0.25) is 5.02 Å². The second-order valence-electron chi connectivity index (χ2n) is 6.34. The number of hydrogen-bond donors (Lipinski definition) is 1. The van der Waals surface area contributed by atoms with E-state index in [2.05, 4.69) is 10.2 Å². The Balaban J connectivity index is 1.67. The minimum Gasteiger partial charge on any atom is -0.484 e. The summed E-state index contributed by atoms with van der Waals surface area (Å²) in [6, 6.07) is 13.3. The third-order valence-corrected chi connectivity index (χ3v) is 4.60. The first-order valence-electron chi connectivity index (χ1n) is 8.66. The van der Waals surface area contributed by atoms with Gasteiger partial charge in [0.1, 0.15) is 5.75 Å². The molecule has 4 nitrogen and oxygen atoms in total. The minimum atomic E-state index is -0.193. The van der Waals surface area contributed by atoms with Crippen molar-refractivity contribution in [3.05, 3.63) is 53.1 Å². The third-order valence-electron chi connectivity index (χ3n) is 4.29. The molecule has 0 aliphatic carbocycles. The molecule has 25 heavy (non-hydrogen) atoms. The molecular weight excluding hydrogens is 336 g/mol. The van der Waals surface area contributed by atoms with Crippen LogP contribution in [0.1, 0.15) is 24.8 Å². The quantitative estimate of drug-likeness (QED) is 0.845. The first-order valence-corrected chi connectivity index (χ1v) is 9.04. The maximum atomic E-state index is 12.3. The van der Waals surface area contributed by atoms with Crippen LogP contribution in [-0.2, 0) is 4.79 Å². The monoisotopic (exact) mass is 358 g/mol. The fraction of sp³-hybridized carbons (Fsp3) is 0.350. The van der Waals surface area contributed by atoms with E-state index in [0.717, 1.165) is 42.9 Å². The van der Waals surface area contributed by atoms with Crippen molar-refractivity contribution >= 4 is 28.9 Å².